The van der Waals surface area contributed by atoms with Gasteiger partial charge in [0.15, 0.2) is 0 Å². The molecule has 1 aromatic heterocycles. The third-order valence-electron chi connectivity index (χ3n) is 2.56. The molecule has 2 rings (SSSR count). The minimum absolute atomic E-state index is 0.0693. The Morgan fingerprint density at radius 2 is 2.00 bits per heavy atom. The van der Waals surface area contributed by atoms with Crippen LogP contribution in [0.25, 0.3) is 5.69 Å². The lowest BCUT2D eigenvalue weighted by Crippen LogP contribution is -2.26. The molecule has 96 valence electrons. The highest BCUT2D eigenvalue weighted by atomic mass is 16.5. The average molecular weight is 247 g/mol. The van der Waals surface area contributed by atoms with Crippen molar-refractivity contribution >= 4 is 0 Å². The van der Waals surface area contributed by atoms with E-state index >= 15 is 0 Å². The zero-order chi connectivity index (χ0) is 13.0. The Kier molecular flexibility index (Phi) is 3.62. The number of rotatable bonds is 5. The molecular weight excluding hydrogens is 230 g/mol. The third kappa shape index (κ3) is 2.87. The Morgan fingerprint density at radius 3 is 2.67 bits per heavy atom. The lowest BCUT2D eigenvalue weighted by atomic mass is 9.97. The van der Waals surface area contributed by atoms with Gasteiger partial charge in [-0.15, -0.1) is 5.10 Å². The highest BCUT2D eigenvalue weighted by molar-refractivity contribution is 5.33. The fraction of sp³-hybridized carbons (Fsp3) is 0.385. The molecule has 1 aromatic carbocycles. The maximum atomic E-state index is 9.19. The molecule has 1 heterocycles. The molecule has 0 spiro atoms. The summed E-state index contributed by atoms with van der Waals surface area (Å²) in [5.41, 5.74) is 0.609. The van der Waals surface area contributed by atoms with Crippen molar-refractivity contribution in [3.05, 3.63) is 36.5 Å². The largest absolute Gasteiger partial charge is 0.476 e. The monoisotopic (exact) mass is 247 g/mol. The van der Waals surface area contributed by atoms with E-state index in [1.807, 2.05) is 44.2 Å². The van der Waals surface area contributed by atoms with E-state index in [2.05, 4.69) is 10.3 Å². The maximum Gasteiger partial charge on any atom is 0.237 e. The van der Waals surface area contributed by atoms with E-state index in [1.54, 1.807) is 10.9 Å². The van der Waals surface area contributed by atoms with Gasteiger partial charge in [0, 0.05) is 5.41 Å². The van der Waals surface area contributed by atoms with Crippen molar-refractivity contribution in [2.75, 3.05) is 13.2 Å². The molecule has 0 saturated carbocycles. The molecule has 1 N–H and O–H groups in total. The van der Waals surface area contributed by atoms with Crippen LogP contribution >= 0.6 is 0 Å². The van der Waals surface area contributed by atoms with Crippen LogP contribution in [-0.4, -0.2) is 33.3 Å². The van der Waals surface area contributed by atoms with Crippen LogP contribution in [0.2, 0.25) is 0 Å². The summed E-state index contributed by atoms with van der Waals surface area (Å²) in [6.45, 7) is 4.34. The standard InChI is InChI=1S/C13H17N3O2/c1-13(2,9-17)10-18-12-8-14-15-16(12)11-6-4-3-5-7-11/h3-8,17H,9-10H2,1-2H3. The molecule has 0 bridgehead atoms. The molecule has 0 aliphatic carbocycles. The number of aliphatic hydroxyl groups excluding tert-OH is 1. The molecule has 0 aliphatic rings. The van der Waals surface area contributed by atoms with Crippen LogP contribution in [0.1, 0.15) is 13.8 Å². The van der Waals surface area contributed by atoms with Gasteiger partial charge in [-0.05, 0) is 12.1 Å². The van der Waals surface area contributed by atoms with Crippen molar-refractivity contribution in [1.82, 2.24) is 15.0 Å². The molecule has 18 heavy (non-hydrogen) atoms. The van der Waals surface area contributed by atoms with Gasteiger partial charge in [-0.3, -0.25) is 0 Å². The Bertz CT molecular complexity index is 494. The van der Waals surface area contributed by atoms with Gasteiger partial charge in [-0.1, -0.05) is 37.3 Å². The molecule has 0 radical (unpaired) electrons. The van der Waals surface area contributed by atoms with Crippen LogP contribution in [0.15, 0.2) is 36.5 Å². The molecule has 0 atom stereocenters. The number of para-hydroxylation sites is 1. The second-order valence-electron chi connectivity index (χ2n) is 4.93. The van der Waals surface area contributed by atoms with Crippen molar-refractivity contribution < 1.29 is 9.84 Å². The van der Waals surface area contributed by atoms with Gasteiger partial charge in [-0.25, -0.2) is 0 Å². The molecule has 0 fully saturated rings. The SMILES string of the molecule is CC(C)(CO)COc1cnnn1-c1ccccc1. The van der Waals surface area contributed by atoms with Crippen molar-refractivity contribution in [3.63, 3.8) is 0 Å². The van der Waals surface area contributed by atoms with Crippen molar-refractivity contribution in [2.45, 2.75) is 13.8 Å². The summed E-state index contributed by atoms with van der Waals surface area (Å²) in [7, 11) is 0. The second kappa shape index (κ2) is 5.18. The lowest BCUT2D eigenvalue weighted by molar-refractivity contribution is 0.0936. The summed E-state index contributed by atoms with van der Waals surface area (Å²) in [5.74, 6) is 0.572. The summed E-state index contributed by atoms with van der Waals surface area (Å²) in [6, 6.07) is 9.66. The molecule has 0 saturated heterocycles. The minimum Gasteiger partial charge on any atom is -0.476 e. The van der Waals surface area contributed by atoms with Gasteiger partial charge in [0.2, 0.25) is 5.88 Å². The van der Waals surface area contributed by atoms with Gasteiger partial charge in [0.05, 0.1) is 18.9 Å². The average Bonchev–Trinajstić information content (AvgIpc) is 2.86. The highest BCUT2D eigenvalue weighted by Gasteiger charge is 2.19. The van der Waals surface area contributed by atoms with Gasteiger partial charge in [0.25, 0.3) is 0 Å². The number of hydrogen-bond donors (Lipinski definition) is 1. The van der Waals surface area contributed by atoms with Crippen LogP contribution in [0, 0.1) is 5.41 Å². The quantitative estimate of drug-likeness (QED) is 0.873. The van der Waals surface area contributed by atoms with Crippen LogP contribution in [0.3, 0.4) is 0 Å². The third-order valence-corrected chi connectivity index (χ3v) is 2.56. The first-order valence-electron chi connectivity index (χ1n) is 5.82. The van der Waals surface area contributed by atoms with Crippen molar-refractivity contribution in [3.8, 4) is 11.6 Å². The van der Waals surface area contributed by atoms with E-state index in [-0.39, 0.29) is 12.0 Å². The van der Waals surface area contributed by atoms with E-state index in [1.165, 1.54) is 0 Å². The summed E-state index contributed by atoms with van der Waals surface area (Å²) in [4.78, 5) is 0. The first-order valence-corrected chi connectivity index (χ1v) is 5.82. The number of nitrogens with zero attached hydrogens (tertiary/aromatic N) is 3. The number of ether oxygens (including phenoxy) is 1. The minimum atomic E-state index is -0.286. The van der Waals surface area contributed by atoms with E-state index in [0.717, 1.165) is 5.69 Å². The van der Waals surface area contributed by atoms with Gasteiger partial charge in [-0.2, -0.15) is 4.68 Å². The predicted octanol–water partition coefficient (Wildman–Crippen LogP) is 1.66. The van der Waals surface area contributed by atoms with Crippen molar-refractivity contribution in [1.29, 1.82) is 0 Å². The first kappa shape index (κ1) is 12.6. The highest BCUT2D eigenvalue weighted by Crippen LogP contribution is 2.19. The van der Waals surface area contributed by atoms with Gasteiger partial charge in [0.1, 0.15) is 6.20 Å². The number of benzene rings is 1. The fourth-order valence-electron chi connectivity index (χ4n) is 1.39. The van der Waals surface area contributed by atoms with Crippen LogP contribution < -0.4 is 4.74 Å². The summed E-state index contributed by atoms with van der Waals surface area (Å²) >= 11 is 0. The van der Waals surface area contributed by atoms with E-state index < -0.39 is 0 Å². The maximum absolute atomic E-state index is 9.19. The first-order chi connectivity index (χ1) is 8.62. The predicted molar refractivity (Wildman–Crippen MR) is 67.7 cm³/mol. The Balaban J connectivity index is 2.14. The Morgan fingerprint density at radius 1 is 1.28 bits per heavy atom. The Hall–Kier alpha value is -1.88. The van der Waals surface area contributed by atoms with Crippen LogP contribution in [0.4, 0.5) is 0 Å². The second-order valence-corrected chi connectivity index (χ2v) is 4.93. The van der Waals surface area contributed by atoms with Crippen molar-refractivity contribution in [2.24, 2.45) is 5.41 Å². The van der Waals surface area contributed by atoms with E-state index in [0.29, 0.717) is 12.5 Å². The smallest absolute Gasteiger partial charge is 0.237 e. The molecular formula is C13H17N3O2. The molecule has 0 unspecified atom stereocenters. The van der Waals surface area contributed by atoms with Gasteiger partial charge < -0.3 is 9.84 Å². The molecule has 0 amide bonds. The topological polar surface area (TPSA) is 60.2 Å². The molecule has 0 aliphatic heterocycles. The zero-order valence-corrected chi connectivity index (χ0v) is 10.6. The number of aliphatic hydroxyl groups is 1. The Labute approximate surface area is 106 Å². The molecule has 5 nitrogen and oxygen atoms in total. The summed E-state index contributed by atoms with van der Waals surface area (Å²) < 4.78 is 7.30. The van der Waals surface area contributed by atoms with Crippen LogP contribution in [0.5, 0.6) is 5.88 Å². The number of hydrogen-bond acceptors (Lipinski definition) is 4. The van der Waals surface area contributed by atoms with Crippen LogP contribution in [-0.2, 0) is 0 Å². The number of aromatic nitrogens is 3. The van der Waals surface area contributed by atoms with E-state index in [4.69, 9.17) is 4.74 Å². The summed E-state index contributed by atoms with van der Waals surface area (Å²) in [6.07, 6.45) is 1.57. The molecule has 2 aromatic rings. The van der Waals surface area contributed by atoms with E-state index in [9.17, 15) is 5.11 Å². The summed E-state index contributed by atoms with van der Waals surface area (Å²) in [5, 5.41) is 17.0. The molecule has 5 heteroatoms. The van der Waals surface area contributed by atoms with Gasteiger partial charge >= 0.3 is 0 Å². The zero-order valence-electron chi connectivity index (χ0n) is 10.6. The fourth-order valence-corrected chi connectivity index (χ4v) is 1.39. The lowest BCUT2D eigenvalue weighted by Gasteiger charge is -2.21. The normalized spacial score (nSPS) is 11.5.